The Kier molecular flexibility index (Phi) is 11.6. The molecule has 2 saturated carbocycles. The summed E-state index contributed by atoms with van der Waals surface area (Å²) < 4.78 is 89.2. The van der Waals surface area contributed by atoms with Crippen molar-refractivity contribution in [2.45, 2.75) is 113 Å². The number of fused-ring (bicyclic) bond motifs is 3. The van der Waals surface area contributed by atoms with Gasteiger partial charge in [-0.15, -0.1) is 0 Å². The summed E-state index contributed by atoms with van der Waals surface area (Å²) in [6, 6.07) is 1.63. The quantitative estimate of drug-likeness (QED) is 0.294. The Labute approximate surface area is 334 Å². The molecular formula is C39H50F3N5O10S. The van der Waals surface area contributed by atoms with Gasteiger partial charge in [-0.05, 0) is 87.8 Å². The molecule has 0 bridgehead atoms. The van der Waals surface area contributed by atoms with Crippen LogP contribution in [0.25, 0.3) is 10.8 Å². The number of pyridine rings is 1. The number of halogens is 3. The molecule has 2 aliphatic heterocycles. The van der Waals surface area contributed by atoms with Crippen molar-refractivity contribution in [1.29, 1.82) is 0 Å². The van der Waals surface area contributed by atoms with E-state index in [1.54, 1.807) is 30.4 Å². The summed E-state index contributed by atoms with van der Waals surface area (Å²) in [6.45, 7) is 4.36. The van der Waals surface area contributed by atoms with Crippen molar-refractivity contribution in [3.05, 3.63) is 36.5 Å². The topological polar surface area (TPSA) is 194 Å². The molecule has 7 atom stereocenters. The molecule has 2 aromatic rings. The Bertz CT molecular complexity index is 2090. The van der Waals surface area contributed by atoms with Gasteiger partial charge >= 0.3 is 12.3 Å². The number of rotatable bonds is 9. The van der Waals surface area contributed by atoms with Crippen molar-refractivity contribution in [2.75, 3.05) is 20.8 Å². The van der Waals surface area contributed by atoms with Gasteiger partial charge in [0.15, 0.2) is 11.5 Å². The summed E-state index contributed by atoms with van der Waals surface area (Å²) >= 11 is 0. The number of hydrogen-bond acceptors (Lipinski definition) is 10. The predicted molar refractivity (Wildman–Crippen MR) is 204 cm³/mol. The van der Waals surface area contributed by atoms with E-state index in [-0.39, 0.29) is 42.5 Å². The molecule has 19 heteroatoms. The molecule has 6 rings (SSSR count). The Hall–Kier alpha value is -4.81. The molecule has 0 spiro atoms. The van der Waals surface area contributed by atoms with E-state index in [0.717, 1.165) is 4.90 Å². The van der Waals surface area contributed by atoms with Gasteiger partial charge in [0, 0.05) is 23.9 Å². The summed E-state index contributed by atoms with van der Waals surface area (Å²) in [5.74, 6) is -3.78. The SMILES string of the molecule is COc1cc2ccnc(O[C@@H]3C[C@H]4C(=O)N[C@]5(C(=O)NS(=O)(=O)C6CC6)C[C@H]5/C=C\CC[C@@H](C)C[C@@H](C)[C@H](N(C(=O)O)C(C)(C)C(F)(F)F)C(=O)N4C3)c2cc1OC. The number of ether oxygens (including phenoxy) is 3. The number of allylic oxidation sites excluding steroid dienone is 1. The second-order valence-corrected chi connectivity index (χ2v) is 18.4. The summed E-state index contributed by atoms with van der Waals surface area (Å²) in [6.07, 6.45) is -1.39. The molecule has 1 aromatic carbocycles. The lowest BCUT2D eigenvalue weighted by molar-refractivity contribution is -0.222. The average Bonchev–Trinajstić information content (AvgIpc) is 4.07. The van der Waals surface area contributed by atoms with Crippen LogP contribution in [0.5, 0.6) is 17.4 Å². The lowest BCUT2D eigenvalue weighted by atomic mass is 9.85. The molecular weight excluding hydrogens is 788 g/mol. The largest absolute Gasteiger partial charge is 0.493 e. The van der Waals surface area contributed by atoms with Crippen LogP contribution in [0.1, 0.15) is 72.6 Å². The number of hydrogen-bond donors (Lipinski definition) is 3. The molecule has 1 saturated heterocycles. The van der Waals surface area contributed by atoms with Crippen LogP contribution in [-0.4, -0.2) is 114 Å². The van der Waals surface area contributed by atoms with Crippen molar-refractivity contribution in [1.82, 2.24) is 24.8 Å². The maximum atomic E-state index is 15.0. The van der Waals surface area contributed by atoms with Crippen LogP contribution >= 0.6 is 0 Å². The van der Waals surface area contributed by atoms with E-state index in [4.69, 9.17) is 14.2 Å². The third-order valence-electron chi connectivity index (χ3n) is 11.9. The number of nitrogens with one attached hydrogen (secondary N) is 2. The fraction of sp³-hybridized carbons (Fsp3) is 0.615. The van der Waals surface area contributed by atoms with Gasteiger partial charge in [0.1, 0.15) is 29.3 Å². The second-order valence-electron chi connectivity index (χ2n) is 16.5. The number of aromatic nitrogens is 1. The number of sulfonamides is 1. The van der Waals surface area contributed by atoms with E-state index >= 15 is 0 Å². The Morgan fingerprint density at radius 1 is 1.07 bits per heavy atom. The van der Waals surface area contributed by atoms with E-state index in [9.17, 15) is 45.9 Å². The fourth-order valence-corrected chi connectivity index (χ4v) is 9.57. The maximum absolute atomic E-state index is 15.0. The van der Waals surface area contributed by atoms with Gasteiger partial charge in [-0.25, -0.2) is 18.2 Å². The minimum Gasteiger partial charge on any atom is -0.493 e. The molecule has 1 aromatic heterocycles. The Balaban J connectivity index is 1.43. The van der Waals surface area contributed by atoms with Gasteiger partial charge in [0.2, 0.25) is 27.7 Å². The van der Waals surface area contributed by atoms with E-state index < -0.39 is 86.4 Å². The summed E-state index contributed by atoms with van der Waals surface area (Å²) in [4.78, 5) is 61.8. The molecule has 3 fully saturated rings. The molecule has 3 heterocycles. The highest BCUT2D eigenvalue weighted by atomic mass is 32.2. The van der Waals surface area contributed by atoms with Gasteiger partial charge in [-0.1, -0.05) is 26.0 Å². The maximum Gasteiger partial charge on any atom is 0.411 e. The zero-order chi connectivity index (χ0) is 42.5. The summed E-state index contributed by atoms with van der Waals surface area (Å²) in [5.41, 5.74) is -4.75. The van der Waals surface area contributed by atoms with Crippen molar-refractivity contribution < 1.29 is 60.1 Å². The summed E-state index contributed by atoms with van der Waals surface area (Å²) in [5, 5.41) is 13.5. The number of alkyl halides is 3. The molecule has 4 amide bonds. The molecule has 318 valence electrons. The van der Waals surface area contributed by atoms with Gasteiger partial charge in [0.25, 0.3) is 5.91 Å². The minimum atomic E-state index is -5.10. The molecule has 0 radical (unpaired) electrons. The first-order valence-corrected chi connectivity index (χ1v) is 20.8. The number of amides is 4. The standard InChI is InChI=1S/C39H50F3N5O10S/c1-21-9-7-8-10-24-19-38(24,35(50)45-58(53,54)26-11-12-26)44-32(48)28-17-25(57-33-27-18-30(56-6)29(55-5)16-23(27)13-14-43-33)20-46(28)34(49)31(22(2)15-21)47(36(51)52)37(3,4)39(40,41)42/h8,10,13-14,16,18,21-22,24-26,28,31H,7,9,11-12,15,17,19-20H2,1-6H3,(H,44,48)(H,45,50)(H,51,52)/b10-8-/t21-,22-,24-,25-,28+,31+,38-/m1/s1. The van der Waals surface area contributed by atoms with Gasteiger partial charge in [-0.2, -0.15) is 13.2 Å². The first-order chi connectivity index (χ1) is 27.1. The number of carbonyl (C=O) groups is 4. The van der Waals surface area contributed by atoms with Gasteiger partial charge < -0.3 is 29.5 Å². The molecule has 2 aliphatic carbocycles. The monoisotopic (exact) mass is 837 g/mol. The van der Waals surface area contributed by atoms with Gasteiger partial charge in [0.05, 0.1) is 26.0 Å². The lowest BCUT2D eigenvalue weighted by Crippen LogP contribution is -2.66. The fourth-order valence-electron chi connectivity index (χ4n) is 8.21. The number of carboxylic acid groups (broad SMARTS) is 1. The van der Waals surface area contributed by atoms with Crippen LogP contribution in [-0.2, 0) is 24.4 Å². The van der Waals surface area contributed by atoms with E-state index in [2.05, 4.69) is 15.0 Å². The Morgan fingerprint density at radius 3 is 2.36 bits per heavy atom. The molecule has 3 N–H and O–H groups in total. The predicted octanol–water partition coefficient (Wildman–Crippen LogP) is 4.79. The smallest absolute Gasteiger partial charge is 0.411 e. The zero-order valence-corrected chi connectivity index (χ0v) is 34.0. The average molecular weight is 838 g/mol. The van der Waals surface area contributed by atoms with Crippen molar-refractivity contribution in [3.8, 4) is 17.4 Å². The second kappa shape index (κ2) is 15.7. The minimum absolute atomic E-state index is 0.0504. The van der Waals surface area contributed by atoms with Gasteiger partial charge in [-0.3, -0.25) is 24.0 Å². The van der Waals surface area contributed by atoms with Crippen molar-refractivity contribution in [3.63, 3.8) is 0 Å². The van der Waals surface area contributed by atoms with Crippen LogP contribution in [0.2, 0.25) is 0 Å². The molecule has 0 unspecified atom stereocenters. The zero-order valence-electron chi connectivity index (χ0n) is 33.2. The third kappa shape index (κ3) is 8.23. The number of nitrogens with zero attached hydrogens (tertiary/aromatic N) is 3. The molecule has 15 nitrogen and oxygen atoms in total. The lowest BCUT2D eigenvalue weighted by Gasteiger charge is -2.45. The molecule has 58 heavy (non-hydrogen) atoms. The normalized spacial score (nSPS) is 28.9. The van der Waals surface area contributed by atoms with E-state index in [0.29, 0.717) is 61.8 Å². The Morgan fingerprint density at radius 2 is 1.74 bits per heavy atom. The highest BCUT2D eigenvalue weighted by molar-refractivity contribution is 7.91. The van der Waals surface area contributed by atoms with Crippen LogP contribution in [0.4, 0.5) is 18.0 Å². The highest BCUT2D eigenvalue weighted by Crippen LogP contribution is 2.47. The van der Waals surface area contributed by atoms with Crippen LogP contribution in [0.15, 0.2) is 36.5 Å². The van der Waals surface area contributed by atoms with E-state index in [1.165, 1.54) is 27.3 Å². The van der Waals surface area contributed by atoms with Crippen LogP contribution < -0.4 is 24.2 Å². The van der Waals surface area contributed by atoms with Crippen molar-refractivity contribution in [2.24, 2.45) is 17.8 Å². The number of methoxy groups -OCH3 is 2. The third-order valence-corrected chi connectivity index (χ3v) is 13.7. The van der Waals surface area contributed by atoms with Crippen LogP contribution in [0, 0.1) is 17.8 Å². The summed E-state index contributed by atoms with van der Waals surface area (Å²) in [7, 11) is -1.11. The first-order valence-electron chi connectivity index (χ1n) is 19.3. The number of benzene rings is 1. The number of carbonyl (C=O) groups excluding carboxylic acids is 3. The van der Waals surface area contributed by atoms with Crippen LogP contribution in [0.3, 0.4) is 0 Å². The molecule has 4 aliphatic rings. The van der Waals surface area contributed by atoms with E-state index in [1.807, 2.05) is 6.92 Å². The highest BCUT2D eigenvalue weighted by Gasteiger charge is 2.63. The first kappa shape index (κ1) is 42.8. The van der Waals surface area contributed by atoms with Crippen molar-refractivity contribution >= 4 is 44.6 Å².